The van der Waals surface area contributed by atoms with Crippen LogP contribution in [0.15, 0.2) is 6.20 Å². The molecule has 2 nitrogen and oxygen atoms in total. The molecule has 0 bridgehead atoms. The molecular weight excluding hydrogens is 193 g/mol. The van der Waals surface area contributed by atoms with Crippen molar-refractivity contribution in [1.82, 2.24) is 4.98 Å². The summed E-state index contributed by atoms with van der Waals surface area (Å²) in [5.74, 6) is -0.815. The van der Waals surface area contributed by atoms with E-state index in [1.807, 2.05) is 0 Å². The highest BCUT2D eigenvalue weighted by Crippen LogP contribution is 2.24. The number of nitrogens with zero attached hydrogens (tertiary/aromatic N) is 2. The van der Waals surface area contributed by atoms with Crippen molar-refractivity contribution in [2.75, 3.05) is 0 Å². The lowest BCUT2D eigenvalue weighted by molar-refractivity contribution is 0.149. The first-order valence-corrected chi connectivity index (χ1v) is 3.87. The van der Waals surface area contributed by atoms with Crippen LogP contribution in [0.25, 0.3) is 0 Å². The van der Waals surface area contributed by atoms with Crippen molar-refractivity contribution in [1.29, 1.82) is 5.26 Å². The van der Waals surface area contributed by atoms with Gasteiger partial charge in [0.05, 0.1) is 18.2 Å². The van der Waals surface area contributed by atoms with Gasteiger partial charge in [0.25, 0.3) is 6.43 Å². The molecule has 0 spiro atoms. The fraction of sp³-hybridized carbons (Fsp3) is 0.333. The molecule has 14 heavy (non-hydrogen) atoms. The van der Waals surface area contributed by atoms with Gasteiger partial charge in [0.1, 0.15) is 5.82 Å². The summed E-state index contributed by atoms with van der Waals surface area (Å²) in [6, 6.07) is 1.71. The quantitative estimate of drug-likeness (QED) is 0.735. The highest BCUT2D eigenvalue weighted by atomic mass is 19.3. The van der Waals surface area contributed by atoms with Gasteiger partial charge in [-0.2, -0.15) is 5.26 Å². The van der Waals surface area contributed by atoms with Crippen molar-refractivity contribution in [3.63, 3.8) is 0 Å². The van der Waals surface area contributed by atoms with Crippen LogP contribution in [-0.4, -0.2) is 4.98 Å². The molecule has 0 aliphatic heterocycles. The van der Waals surface area contributed by atoms with E-state index in [1.165, 1.54) is 6.92 Å². The van der Waals surface area contributed by atoms with Gasteiger partial charge in [0.15, 0.2) is 0 Å². The summed E-state index contributed by atoms with van der Waals surface area (Å²) in [7, 11) is 0. The molecule has 0 aliphatic rings. The lowest BCUT2D eigenvalue weighted by Gasteiger charge is -2.06. The van der Waals surface area contributed by atoms with E-state index in [-0.39, 0.29) is 17.7 Å². The van der Waals surface area contributed by atoms with E-state index in [0.29, 0.717) is 0 Å². The molecule has 0 saturated heterocycles. The zero-order valence-electron chi connectivity index (χ0n) is 7.39. The van der Waals surface area contributed by atoms with Crippen LogP contribution < -0.4 is 0 Å². The number of halogens is 3. The monoisotopic (exact) mass is 200 g/mol. The van der Waals surface area contributed by atoms with E-state index >= 15 is 0 Å². The second kappa shape index (κ2) is 4.09. The Bertz CT molecular complexity index is 382. The van der Waals surface area contributed by atoms with Crippen molar-refractivity contribution in [2.24, 2.45) is 0 Å². The molecule has 1 aromatic heterocycles. The molecule has 5 heteroatoms. The highest BCUT2D eigenvalue weighted by molar-refractivity contribution is 5.29. The Morgan fingerprint density at radius 2 is 2.21 bits per heavy atom. The molecule has 0 aromatic carbocycles. The second-order valence-corrected chi connectivity index (χ2v) is 2.73. The average molecular weight is 200 g/mol. The Hall–Kier alpha value is -1.57. The van der Waals surface area contributed by atoms with E-state index in [9.17, 15) is 13.2 Å². The topological polar surface area (TPSA) is 36.7 Å². The molecular formula is C9H7F3N2. The van der Waals surface area contributed by atoms with Gasteiger partial charge in [0, 0.05) is 11.8 Å². The van der Waals surface area contributed by atoms with E-state index in [4.69, 9.17) is 5.26 Å². The van der Waals surface area contributed by atoms with Crippen molar-refractivity contribution in [3.05, 3.63) is 28.8 Å². The molecule has 1 aromatic rings. The third kappa shape index (κ3) is 1.84. The summed E-state index contributed by atoms with van der Waals surface area (Å²) < 4.78 is 37.8. The first-order valence-electron chi connectivity index (χ1n) is 3.87. The summed E-state index contributed by atoms with van der Waals surface area (Å²) in [5, 5.41) is 8.31. The minimum atomic E-state index is -2.74. The molecule has 0 fully saturated rings. The van der Waals surface area contributed by atoms with Crippen molar-refractivity contribution >= 4 is 0 Å². The summed E-state index contributed by atoms with van der Waals surface area (Å²) in [6.07, 6.45) is -2.04. The Kier molecular flexibility index (Phi) is 3.07. The maximum atomic E-state index is 13.3. The largest absolute Gasteiger partial charge is 0.265 e. The molecule has 1 rings (SSSR count). The van der Waals surface area contributed by atoms with Gasteiger partial charge >= 0.3 is 0 Å². The van der Waals surface area contributed by atoms with Gasteiger partial charge < -0.3 is 0 Å². The van der Waals surface area contributed by atoms with Crippen LogP contribution in [-0.2, 0) is 6.42 Å². The highest BCUT2D eigenvalue weighted by Gasteiger charge is 2.16. The first kappa shape index (κ1) is 10.5. The fourth-order valence-electron chi connectivity index (χ4n) is 1.06. The molecule has 0 radical (unpaired) electrons. The molecule has 0 unspecified atom stereocenters. The number of hydrogen-bond acceptors (Lipinski definition) is 2. The third-order valence-corrected chi connectivity index (χ3v) is 1.86. The van der Waals surface area contributed by atoms with Crippen molar-refractivity contribution in [3.8, 4) is 6.07 Å². The summed E-state index contributed by atoms with van der Waals surface area (Å²) in [6.45, 7) is 1.25. The average Bonchev–Trinajstić information content (AvgIpc) is 2.13. The molecule has 0 aliphatic carbocycles. The lowest BCUT2D eigenvalue weighted by Crippen LogP contribution is -2.01. The molecule has 0 saturated carbocycles. The van der Waals surface area contributed by atoms with E-state index in [0.717, 1.165) is 6.20 Å². The standard InChI is InChI=1S/C9H7F3N2/c1-5-6(9(11)12)4-14-7(2-3-13)8(5)10/h4,9H,2H2,1H3. The van der Waals surface area contributed by atoms with Gasteiger partial charge in [-0.1, -0.05) is 0 Å². The maximum absolute atomic E-state index is 13.3. The predicted molar refractivity (Wildman–Crippen MR) is 43.2 cm³/mol. The van der Waals surface area contributed by atoms with Crippen molar-refractivity contribution in [2.45, 2.75) is 19.8 Å². The van der Waals surface area contributed by atoms with Crippen LogP contribution >= 0.6 is 0 Å². The normalized spacial score (nSPS) is 10.3. The minimum absolute atomic E-state index is 0.0885. The van der Waals surface area contributed by atoms with Crippen LogP contribution in [0.1, 0.15) is 23.2 Å². The van der Waals surface area contributed by atoms with Crippen LogP contribution in [0.3, 0.4) is 0 Å². The van der Waals surface area contributed by atoms with Crippen LogP contribution in [0.5, 0.6) is 0 Å². The van der Waals surface area contributed by atoms with E-state index in [1.54, 1.807) is 6.07 Å². The van der Waals surface area contributed by atoms with Gasteiger partial charge in [-0.05, 0) is 12.5 Å². The molecule has 0 amide bonds. The number of hydrogen-bond donors (Lipinski definition) is 0. The van der Waals surface area contributed by atoms with Gasteiger partial charge in [-0.15, -0.1) is 0 Å². The smallest absolute Gasteiger partial charge is 0.257 e. The van der Waals surface area contributed by atoms with E-state index in [2.05, 4.69) is 4.98 Å². The predicted octanol–water partition coefficient (Wildman–Crippen LogP) is 2.53. The van der Waals surface area contributed by atoms with Gasteiger partial charge in [-0.25, -0.2) is 13.2 Å². The zero-order chi connectivity index (χ0) is 10.7. The van der Waals surface area contributed by atoms with Crippen LogP contribution in [0, 0.1) is 24.1 Å². The minimum Gasteiger partial charge on any atom is -0.257 e. The summed E-state index contributed by atoms with van der Waals surface area (Å²) >= 11 is 0. The zero-order valence-corrected chi connectivity index (χ0v) is 7.39. The Labute approximate surface area is 79.0 Å². The molecule has 0 N–H and O–H groups in total. The second-order valence-electron chi connectivity index (χ2n) is 2.73. The summed E-state index contributed by atoms with van der Waals surface area (Å²) in [4.78, 5) is 3.47. The van der Waals surface area contributed by atoms with Gasteiger partial charge in [-0.3, -0.25) is 4.98 Å². The fourth-order valence-corrected chi connectivity index (χ4v) is 1.06. The SMILES string of the molecule is Cc1c(C(F)F)cnc(CC#N)c1F. The number of rotatable bonds is 2. The van der Waals surface area contributed by atoms with Crippen LogP contribution in [0.4, 0.5) is 13.2 Å². The lowest BCUT2D eigenvalue weighted by atomic mass is 10.1. The van der Waals surface area contributed by atoms with E-state index < -0.39 is 17.8 Å². The number of nitriles is 1. The number of pyridine rings is 1. The maximum Gasteiger partial charge on any atom is 0.265 e. The number of aromatic nitrogens is 1. The Morgan fingerprint density at radius 3 is 2.71 bits per heavy atom. The molecule has 1 heterocycles. The third-order valence-electron chi connectivity index (χ3n) is 1.86. The van der Waals surface area contributed by atoms with Gasteiger partial charge in [0.2, 0.25) is 0 Å². The Balaban J connectivity index is 3.20. The van der Waals surface area contributed by atoms with Crippen LogP contribution in [0.2, 0.25) is 0 Å². The number of alkyl halides is 2. The molecule has 0 atom stereocenters. The Morgan fingerprint density at radius 1 is 1.57 bits per heavy atom. The van der Waals surface area contributed by atoms with Crippen molar-refractivity contribution < 1.29 is 13.2 Å². The first-order chi connectivity index (χ1) is 6.57. The molecule has 74 valence electrons. The summed E-state index contributed by atoms with van der Waals surface area (Å²) in [5.41, 5.74) is -0.654.